The summed E-state index contributed by atoms with van der Waals surface area (Å²) in [6.45, 7) is 7.86. The zero-order valence-electron chi connectivity index (χ0n) is 13.0. The fraction of sp³-hybridized carbons (Fsp3) is 0.714. The van der Waals surface area contributed by atoms with Gasteiger partial charge in [-0.3, -0.25) is 4.79 Å². The third-order valence-corrected chi connectivity index (χ3v) is 2.94. The molecule has 1 heterocycles. The quantitative estimate of drug-likeness (QED) is 0.687. The fourth-order valence-corrected chi connectivity index (χ4v) is 1.90. The Hall–Kier alpha value is -1.63. The maximum absolute atomic E-state index is 14.2. The second-order valence-corrected chi connectivity index (χ2v) is 4.99. The molecule has 0 saturated carbocycles. The number of carbonyl (C=O) groups is 1. The van der Waals surface area contributed by atoms with E-state index in [1.807, 2.05) is 6.92 Å². The van der Waals surface area contributed by atoms with Crippen LogP contribution in [0.2, 0.25) is 0 Å². The van der Waals surface area contributed by atoms with E-state index in [4.69, 9.17) is 14.0 Å². The summed E-state index contributed by atoms with van der Waals surface area (Å²) in [4.78, 5) is 11.7. The molecule has 7 heteroatoms. The van der Waals surface area contributed by atoms with Crippen LogP contribution in [0.4, 0.5) is 4.39 Å². The highest BCUT2D eigenvalue weighted by Crippen LogP contribution is 2.32. The molecule has 6 nitrogen and oxygen atoms in total. The number of ether oxygens (including phenoxy) is 3. The monoisotopic (exact) mass is 303 g/mol. The predicted molar refractivity (Wildman–Crippen MR) is 72.6 cm³/mol. The summed E-state index contributed by atoms with van der Waals surface area (Å²) in [7, 11) is 1.24. The number of rotatable bonds is 8. The summed E-state index contributed by atoms with van der Waals surface area (Å²) in [5.41, 5.74) is 0. The summed E-state index contributed by atoms with van der Waals surface area (Å²) < 4.78 is 34.3. The summed E-state index contributed by atoms with van der Waals surface area (Å²) >= 11 is 0. The molecule has 2 unspecified atom stereocenters. The first-order valence-corrected chi connectivity index (χ1v) is 6.89. The van der Waals surface area contributed by atoms with Crippen molar-refractivity contribution in [1.82, 2.24) is 5.16 Å². The van der Waals surface area contributed by atoms with Crippen LogP contribution in [0.3, 0.4) is 0 Å². The number of aromatic nitrogens is 1. The van der Waals surface area contributed by atoms with Gasteiger partial charge in [-0.1, -0.05) is 13.8 Å². The number of hydrogen-bond donors (Lipinski definition) is 0. The molecule has 0 saturated heterocycles. The summed E-state index contributed by atoms with van der Waals surface area (Å²) in [5.74, 6) is -2.85. The third kappa shape index (κ3) is 4.42. The van der Waals surface area contributed by atoms with Crippen LogP contribution in [0.1, 0.15) is 39.4 Å². The minimum atomic E-state index is -0.857. The molecule has 120 valence electrons. The van der Waals surface area contributed by atoms with Crippen LogP contribution in [0, 0.1) is 11.7 Å². The average Bonchev–Trinajstić information content (AvgIpc) is 2.78. The molecule has 0 aliphatic rings. The Kier molecular flexibility index (Phi) is 6.61. The van der Waals surface area contributed by atoms with Crippen LogP contribution in [-0.2, 0) is 14.3 Å². The summed E-state index contributed by atoms with van der Waals surface area (Å²) in [6, 6.07) is 0. The highest BCUT2D eigenvalue weighted by molar-refractivity contribution is 5.77. The Morgan fingerprint density at radius 1 is 1.38 bits per heavy atom. The molecule has 0 aromatic carbocycles. The Bertz CT molecular complexity index is 460. The lowest BCUT2D eigenvalue weighted by atomic mass is 9.93. The first kappa shape index (κ1) is 17.4. The number of nitrogens with zero attached hydrogens (tertiary/aromatic N) is 1. The maximum Gasteiger partial charge on any atom is 0.316 e. The van der Waals surface area contributed by atoms with E-state index in [9.17, 15) is 9.18 Å². The standard InChI is InChI=1S/C14H22FNO5/c1-6-19-9(4)7-20-13-11(15)12(21-16-13)10(8(2)3)14(17)18-5/h8-10H,6-7H2,1-5H3. The molecule has 21 heavy (non-hydrogen) atoms. The summed E-state index contributed by atoms with van der Waals surface area (Å²) in [6.07, 6.45) is -0.198. The van der Waals surface area contributed by atoms with Gasteiger partial charge in [0.25, 0.3) is 5.88 Å². The number of halogens is 1. The molecule has 2 atom stereocenters. The van der Waals surface area contributed by atoms with Crippen molar-refractivity contribution in [3.63, 3.8) is 0 Å². The van der Waals surface area contributed by atoms with Crippen LogP contribution < -0.4 is 4.74 Å². The Morgan fingerprint density at radius 3 is 2.57 bits per heavy atom. The van der Waals surface area contributed by atoms with Crippen molar-refractivity contribution in [2.45, 2.75) is 39.7 Å². The van der Waals surface area contributed by atoms with Crippen LogP contribution >= 0.6 is 0 Å². The molecule has 0 aliphatic heterocycles. The van der Waals surface area contributed by atoms with Gasteiger partial charge < -0.3 is 18.7 Å². The highest BCUT2D eigenvalue weighted by atomic mass is 19.1. The second-order valence-electron chi connectivity index (χ2n) is 4.99. The van der Waals surface area contributed by atoms with Crippen LogP contribution in [0.25, 0.3) is 0 Å². The van der Waals surface area contributed by atoms with Crippen molar-refractivity contribution >= 4 is 5.97 Å². The van der Waals surface area contributed by atoms with Crippen LogP contribution in [-0.4, -0.2) is 37.6 Å². The lowest BCUT2D eigenvalue weighted by Gasteiger charge is -2.15. The molecule has 0 fully saturated rings. The lowest BCUT2D eigenvalue weighted by molar-refractivity contribution is -0.144. The molecule has 0 aliphatic carbocycles. The molecular weight excluding hydrogens is 281 g/mol. The van der Waals surface area contributed by atoms with Crippen molar-refractivity contribution in [1.29, 1.82) is 0 Å². The SMILES string of the molecule is CCOC(C)COc1noc(C(C(=O)OC)C(C)C)c1F. The molecule has 1 aromatic heterocycles. The third-order valence-electron chi connectivity index (χ3n) is 2.94. The van der Waals surface area contributed by atoms with E-state index in [0.29, 0.717) is 6.61 Å². The molecule has 1 rings (SSSR count). The molecular formula is C14H22FNO5. The van der Waals surface area contributed by atoms with Crippen molar-refractivity contribution in [2.24, 2.45) is 5.92 Å². The van der Waals surface area contributed by atoms with Gasteiger partial charge in [0.15, 0.2) is 5.76 Å². The predicted octanol–water partition coefficient (Wildman–Crippen LogP) is 2.53. The van der Waals surface area contributed by atoms with E-state index in [-0.39, 0.29) is 30.3 Å². The zero-order chi connectivity index (χ0) is 16.0. The van der Waals surface area contributed by atoms with Gasteiger partial charge >= 0.3 is 5.97 Å². The van der Waals surface area contributed by atoms with E-state index in [1.54, 1.807) is 20.8 Å². The number of carbonyl (C=O) groups excluding carboxylic acids is 1. The molecule has 0 amide bonds. The first-order chi connectivity index (χ1) is 9.92. The molecule has 0 spiro atoms. The number of esters is 1. The number of methoxy groups -OCH3 is 1. The van der Waals surface area contributed by atoms with Gasteiger partial charge in [0.1, 0.15) is 12.5 Å². The molecule has 0 N–H and O–H groups in total. The highest BCUT2D eigenvalue weighted by Gasteiger charge is 2.34. The van der Waals surface area contributed by atoms with Crippen molar-refractivity contribution in [3.05, 3.63) is 11.6 Å². The Balaban J connectivity index is 2.84. The smallest absolute Gasteiger partial charge is 0.316 e. The largest absolute Gasteiger partial charge is 0.471 e. The topological polar surface area (TPSA) is 70.8 Å². The minimum Gasteiger partial charge on any atom is -0.471 e. The first-order valence-electron chi connectivity index (χ1n) is 6.89. The van der Waals surface area contributed by atoms with Gasteiger partial charge in [-0.2, -0.15) is 4.39 Å². The van der Waals surface area contributed by atoms with E-state index in [2.05, 4.69) is 9.89 Å². The number of hydrogen-bond acceptors (Lipinski definition) is 6. The normalized spacial score (nSPS) is 14.0. The van der Waals surface area contributed by atoms with E-state index in [1.165, 1.54) is 7.11 Å². The molecule has 1 aromatic rings. The van der Waals surface area contributed by atoms with E-state index >= 15 is 0 Å². The zero-order valence-corrected chi connectivity index (χ0v) is 13.0. The Labute approximate surface area is 123 Å². The van der Waals surface area contributed by atoms with Crippen molar-refractivity contribution < 1.29 is 27.9 Å². The van der Waals surface area contributed by atoms with Crippen molar-refractivity contribution in [3.8, 4) is 5.88 Å². The van der Waals surface area contributed by atoms with E-state index in [0.717, 1.165) is 0 Å². The van der Waals surface area contributed by atoms with E-state index < -0.39 is 17.7 Å². The van der Waals surface area contributed by atoms with Gasteiger partial charge in [-0.05, 0) is 24.9 Å². The Morgan fingerprint density at radius 2 is 2.05 bits per heavy atom. The summed E-state index contributed by atoms with van der Waals surface area (Å²) in [5, 5.41) is 3.53. The van der Waals surface area contributed by atoms with Gasteiger partial charge in [0.05, 0.1) is 13.2 Å². The lowest BCUT2D eigenvalue weighted by Crippen LogP contribution is -2.20. The van der Waals surface area contributed by atoms with Gasteiger partial charge in [0.2, 0.25) is 5.82 Å². The van der Waals surface area contributed by atoms with Crippen LogP contribution in [0.15, 0.2) is 4.52 Å². The van der Waals surface area contributed by atoms with Crippen LogP contribution in [0.5, 0.6) is 5.88 Å². The van der Waals surface area contributed by atoms with Gasteiger partial charge in [0, 0.05) is 6.61 Å². The maximum atomic E-state index is 14.2. The molecule has 0 radical (unpaired) electrons. The molecule has 0 bridgehead atoms. The van der Waals surface area contributed by atoms with Gasteiger partial charge in [-0.25, -0.2) is 0 Å². The fourth-order valence-electron chi connectivity index (χ4n) is 1.90. The van der Waals surface area contributed by atoms with Crippen molar-refractivity contribution in [2.75, 3.05) is 20.3 Å². The second kappa shape index (κ2) is 7.97. The average molecular weight is 303 g/mol. The minimum absolute atomic E-state index is 0.140. The van der Waals surface area contributed by atoms with Gasteiger partial charge in [-0.15, -0.1) is 0 Å².